The third kappa shape index (κ3) is 228. The summed E-state index contributed by atoms with van der Waals surface area (Å²) in [6.07, 6.45) is 0. The summed E-state index contributed by atoms with van der Waals surface area (Å²) in [7, 11) is 0. The highest BCUT2D eigenvalue weighted by Gasteiger charge is 1.65. The van der Waals surface area contributed by atoms with Crippen LogP contribution in [0.25, 0.3) is 0 Å². The van der Waals surface area contributed by atoms with Gasteiger partial charge in [0.2, 0.25) is 0 Å². The van der Waals surface area contributed by atoms with Crippen LogP contribution in [-0.4, -0.2) is 27.7 Å². The Hall–Kier alpha value is -0.338. The van der Waals surface area contributed by atoms with Crippen molar-refractivity contribution in [1.82, 2.24) is 0 Å². The van der Waals surface area contributed by atoms with E-state index in [9.17, 15) is 0 Å². The first kappa shape index (κ1) is 17.4. The molecule has 0 aromatic rings. The zero-order chi connectivity index (χ0) is 3.58. The van der Waals surface area contributed by atoms with Gasteiger partial charge in [0.1, 0.15) is 0 Å². The molecule has 0 heterocycles. The number of hydrogen-bond acceptors (Lipinski definition) is 2. The van der Waals surface area contributed by atoms with Crippen LogP contribution in [0.5, 0.6) is 0 Å². The molecule has 6 heteroatoms. The Bertz CT molecular complexity index is 33.8. The molecule has 0 aliphatic rings. The second-order valence-electron chi connectivity index (χ2n) is 0.238. The van der Waals surface area contributed by atoms with Gasteiger partial charge in [0.25, 0.3) is 5.09 Å². The van der Waals surface area contributed by atoms with E-state index in [1.165, 1.54) is 0 Å². The van der Waals surface area contributed by atoms with Crippen LogP contribution in [-0.2, 0) is 0 Å². The summed E-state index contributed by atoms with van der Waals surface area (Å²) >= 11 is 0. The van der Waals surface area contributed by atoms with Gasteiger partial charge in [-0.2, -0.15) is 0 Å². The Morgan fingerprint density at radius 1 is 1.67 bits per heavy atom. The fourth-order valence-electron chi connectivity index (χ4n) is 0. The number of nitrogens with zero attached hydrogens (tertiary/aromatic N) is 1. The van der Waals surface area contributed by atoms with Gasteiger partial charge in [-0.05, 0) is 0 Å². The fraction of sp³-hybridized carbons (Fsp3) is 0. The number of rotatable bonds is 0. The van der Waals surface area contributed by atoms with E-state index in [0.717, 1.165) is 0 Å². The SMILES string of the molecule is F.O=[N+]([O-])O.[AlH3]. The van der Waals surface area contributed by atoms with E-state index in [2.05, 4.69) is 0 Å². The van der Waals surface area contributed by atoms with Gasteiger partial charge in [-0.25, -0.2) is 0 Å². The Balaban J connectivity index is -0.0000000450. The second-order valence-corrected chi connectivity index (χ2v) is 0.238. The summed E-state index contributed by atoms with van der Waals surface area (Å²) in [6, 6.07) is 0. The average molecular weight is 113 g/mol. The molecule has 0 spiro atoms. The van der Waals surface area contributed by atoms with E-state index in [0.29, 0.717) is 0 Å². The van der Waals surface area contributed by atoms with Gasteiger partial charge in [-0.3, -0.25) is 4.70 Å². The van der Waals surface area contributed by atoms with Crippen LogP contribution in [0.3, 0.4) is 0 Å². The second kappa shape index (κ2) is 8.82. The molecule has 0 aromatic carbocycles. The highest BCUT2D eigenvalue weighted by molar-refractivity contribution is 5.75. The minimum Gasteiger partial charge on any atom is -0.328 e. The van der Waals surface area contributed by atoms with Crippen LogP contribution in [0.15, 0.2) is 0 Å². The zero-order valence-electron chi connectivity index (χ0n) is 2.12. The third-order valence-electron chi connectivity index (χ3n) is 0. The van der Waals surface area contributed by atoms with E-state index in [1.54, 1.807) is 0 Å². The van der Waals surface area contributed by atoms with Crippen molar-refractivity contribution in [3.8, 4) is 0 Å². The van der Waals surface area contributed by atoms with Crippen molar-refractivity contribution in [3.05, 3.63) is 10.1 Å². The zero-order valence-corrected chi connectivity index (χ0v) is 2.12. The quantitative estimate of drug-likeness (QED) is 0.239. The van der Waals surface area contributed by atoms with Crippen molar-refractivity contribution >= 4 is 17.4 Å². The van der Waals surface area contributed by atoms with E-state index in [-0.39, 0.29) is 22.1 Å². The van der Waals surface area contributed by atoms with Crippen molar-refractivity contribution in [2.24, 2.45) is 0 Å². The summed E-state index contributed by atoms with van der Waals surface area (Å²) < 4.78 is 0. The lowest BCUT2D eigenvalue weighted by Crippen LogP contribution is -1.81. The minimum atomic E-state index is -1.50. The molecule has 0 aliphatic heterocycles. The Morgan fingerprint density at radius 3 is 1.67 bits per heavy atom. The third-order valence-corrected chi connectivity index (χ3v) is 0. The van der Waals surface area contributed by atoms with Gasteiger partial charge in [-0.1, -0.05) is 0 Å². The molecule has 0 unspecified atom stereocenters. The Morgan fingerprint density at radius 2 is 1.67 bits per heavy atom. The molecule has 0 rings (SSSR count). The predicted molar refractivity (Wildman–Crippen MR) is 21.2 cm³/mol. The topological polar surface area (TPSA) is 63.4 Å². The summed E-state index contributed by atoms with van der Waals surface area (Å²) in [5.74, 6) is 0. The van der Waals surface area contributed by atoms with Crippen LogP contribution in [0, 0.1) is 10.1 Å². The maximum Gasteiger partial charge on any atom is 0.291 e. The first-order chi connectivity index (χ1) is 1.73. The van der Waals surface area contributed by atoms with Gasteiger partial charge >= 0.3 is 0 Å². The molecular formula is H5AlFNO3. The molecule has 0 bridgehead atoms. The molecule has 4 nitrogen and oxygen atoms in total. The smallest absolute Gasteiger partial charge is 0.291 e. The summed E-state index contributed by atoms with van der Waals surface area (Å²) in [6.45, 7) is 0. The van der Waals surface area contributed by atoms with Gasteiger partial charge in [0, 0.05) is 0 Å². The van der Waals surface area contributed by atoms with Crippen LogP contribution in [0.4, 0.5) is 4.70 Å². The lowest BCUT2D eigenvalue weighted by molar-refractivity contribution is -0.742. The molecule has 0 aliphatic carbocycles. The van der Waals surface area contributed by atoms with Gasteiger partial charge in [-0.15, -0.1) is 10.1 Å². The molecular weight excluding hydrogens is 108 g/mol. The molecule has 1 N–H and O–H groups in total. The molecule has 0 radical (unpaired) electrons. The van der Waals surface area contributed by atoms with Gasteiger partial charge < -0.3 is 5.21 Å². The maximum atomic E-state index is 8.36. The monoisotopic (exact) mass is 113 g/mol. The maximum absolute atomic E-state index is 8.36. The number of halogens is 1. The Kier molecular flexibility index (Phi) is 25.5. The molecule has 6 heavy (non-hydrogen) atoms. The van der Waals surface area contributed by atoms with Gasteiger partial charge in [0.15, 0.2) is 17.4 Å². The van der Waals surface area contributed by atoms with Crippen LogP contribution in [0.1, 0.15) is 0 Å². The molecule has 0 atom stereocenters. The normalized spacial score (nSPS) is 4.00. The van der Waals surface area contributed by atoms with Crippen molar-refractivity contribution in [2.45, 2.75) is 0 Å². The van der Waals surface area contributed by atoms with E-state index in [4.69, 9.17) is 15.3 Å². The lowest BCUT2D eigenvalue weighted by atomic mass is 13.1. The predicted octanol–water partition coefficient (Wildman–Crippen LogP) is -1.38. The molecule has 38 valence electrons. The van der Waals surface area contributed by atoms with Crippen molar-refractivity contribution in [1.29, 1.82) is 0 Å². The van der Waals surface area contributed by atoms with E-state index in [1.807, 2.05) is 0 Å². The lowest BCUT2D eigenvalue weighted by Gasteiger charge is -1.56. The average Bonchev–Trinajstić information content (AvgIpc) is 0.811. The van der Waals surface area contributed by atoms with Crippen molar-refractivity contribution in [3.63, 3.8) is 0 Å². The van der Waals surface area contributed by atoms with Crippen molar-refractivity contribution in [2.75, 3.05) is 0 Å². The highest BCUT2D eigenvalue weighted by Crippen LogP contribution is 1.38. The van der Waals surface area contributed by atoms with E-state index < -0.39 is 5.09 Å². The first-order valence-electron chi connectivity index (χ1n) is 0.565. The fourth-order valence-corrected chi connectivity index (χ4v) is 0. The molecule has 0 amide bonds. The molecule has 0 aromatic heterocycles. The molecule has 0 saturated carbocycles. The van der Waals surface area contributed by atoms with Gasteiger partial charge in [0.05, 0.1) is 0 Å². The largest absolute Gasteiger partial charge is 0.328 e. The van der Waals surface area contributed by atoms with Crippen LogP contribution >= 0.6 is 0 Å². The first-order valence-corrected chi connectivity index (χ1v) is 0.565. The number of hydrogen-bond donors (Lipinski definition) is 1. The molecule has 0 saturated heterocycles. The molecule has 0 fully saturated rings. The van der Waals surface area contributed by atoms with Crippen LogP contribution < -0.4 is 0 Å². The summed E-state index contributed by atoms with van der Waals surface area (Å²) in [5, 5.41) is 13.6. The van der Waals surface area contributed by atoms with Crippen LogP contribution in [0.2, 0.25) is 0 Å². The van der Waals surface area contributed by atoms with Crippen molar-refractivity contribution < 1.29 is 15.0 Å². The summed E-state index contributed by atoms with van der Waals surface area (Å²) in [4.78, 5) is 8.36. The minimum absolute atomic E-state index is 0. The summed E-state index contributed by atoms with van der Waals surface area (Å²) in [5.41, 5.74) is 0. The Labute approximate surface area is 43.4 Å². The highest BCUT2D eigenvalue weighted by atomic mass is 27.0. The standard InChI is InChI=1S/Al.FH.HNO3.3H/c;;2-1(3)4;;;/h;1H;(H,2,3,4);;;. The van der Waals surface area contributed by atoms with E-state index >= 15 is 0 Å².